The van der Waals surface area contributed by atoms with E-state index >= 15 is 0 Å². The van der Waals surface area contributed by atoms with Crippen LogP contribution in [0.2, 0.25) is 0 Å². The van der Waals surface area contributed by atoms with Gasteiger partial charge in [-0.2, -0.15) is 11.8 Å². The van der Waals surface area contributed by atoms with Crippen LogP contribution in [0.15, 0.2) is 36.5 Å². The number of rotatable bonds is 10. The molecule has 0 spiro atoms. The molecule has 2 aromatic heterocycles. The topological polar surface area (TPSA) is 94.5 Å². The Bertz CT molecular complexity index is 1130. The molecule has 1 unspecified atom stereocenters. The van der Waals surface area contributed by atoms with E-state index < -0.39 is 5.97 Å². The first-order valence-electron chi connectivity index (χ1n) is 10.6. The molecule has 33 heavy (non-hydrogen) atoms. The highest BCUT2D eigenvalue weighted by Crippen LogP contribution is 2.33. The van der Waals surface area contributed by atoms with E-state index in [-0.39, 0.29) is 17.6 Å². The number of ether oxygens (including phenoxy) is 2. The maximum Gasteiger partial charge on any atom is 0.356 e. The van der Waals surface area contributed by atoms with Crippen LogP contribution in [0.5, 0.6) is 5.75 Å². The van der Waals surface area contributed by atoms with E-state index in [2.05, 4.69) is 28.8 Å². The molecule has 0 aliphatic heterocycles. The van der Waals surface area contributed by atoms with Gasteiger partial charge in [-0.3, -0.25) is 4.79 Å². The smallest absolute Gasteiger partial charge is 0.356 e. The van der Waals surface area contributed by atoms with Crippen LogP contribution in [0.25, 0.3) is 11.0 Å². The summed E-state index contributed by atoms with van der Waals surface area (Å²) in [5, 5.41) is 6.93. The lowest BCUT2D eigenvalue weighted by Gasteiger charge is -2.14. The number of nitrogens with zero attached hydrogens (tertiary/aromatic N) is 2. The van der Waals surface area contributed by atoms with Crippen LogP contribution in [0.3, 0.4) is 0 Å². The van der Waals surface area contributed by atoms with Gasteiger partial charge in [0.1, 0.15) is 11.4 Å². The first-order chi connectivity index (χ1) is 15.9. The van der Waals surface area contributed by atoms with Crippen molar-refractivity contribution in [2.75, 3.05) is 36.9 Å². The van der Waals surface area contributed by atoms with E-state index in [1.807, 2.05) is 34.9 Å². The summed E-state index contributed by atoms with van der Waals surface area (Å²) in [6.07, 6.45) is 4.46. The second kappa shape index (κ2) is 11.1. The lowest BCUT2D eigenvalue weighted by molar-refractivity contribution is -0.114. The predicted octanol–water partition coefficient (Wildman–Crippen LogP) is 4.20. The van der Waals surface area contributed by atoms with Gasteiger partial charge in [0.05, 0.1) is 31.8 Å². The summed E-state index contributed by atoms with van der Waals surface area (Å²) >= 11 is 1.75. The summed E-state index contributed by atoms with van der Waals surface area (Å²) < 4.78 is 12.1. The Kier molecular flexibility index (Phi) is 8.21. The zero-order chi connectivity index (χ0) is 24.0. The molecule has 3 aromatic rings. The number of hydrogen-bond donors (Lipinski definition) is 2. The quantitative estimate of drug-likeness (QED) is 0.429. The van der Waals surface area contributed by atoms with Crippen molar-refractivity contribution >= 4 is 46.0 Å². The number of aryl methyl sites for hydroxylation is 2. The van der Waals surface area contributed by atoms with Gasteiger partial charge in [-0.1, -0.05) is 12.1 Å². The molecule has 0 fully saturated rings. The molecule has 9 heteroatoms. The summed E-state index contributed by atoms with van der Waals surface area (Å²) in [4.78, 5) is 29.4. The minimum atomic E-state index is -0.531. The molecule has 2 N–H and O–H groups in total. The van der Waals surface area contributed by atoms with Gasteiger partial charge in [-0.25, -0.2) is 9.78 Å². The number of pyridine rings is 1. The molecule has 0 radical (unpaired) electrons. The molecule has 1 amide bonds. The van der Waals surface area contributed by atoms with Crippen molar-refractivity contribution in [3.8, 4) is 5.75 Å². The summed E-state index contributed by atoms with van der Waals surface area (Å²) in [6.45, 7) is 3.99. The van der Waals surface area contributed by atoms with Crippen molar-refractivity contribution in [3.05, 3.63) is 47.8 Å². The average molecular weight is 471 g/mol. The Balaban J connectivity index is 2.06. The molecule has 3 rings (SSSR count). The zero-order valence-corrected chi connectivity index (χ0v) is 20.4. The minimum absolute atomic E-state index is 0.237. The maximum absolute atomic E-state index is 12.8. The van der Waals surface area contributed by atoms with E-state index in [9.17, 15) is 9.59 Å². The Labute approximate surface area is 198 Å². The molecule has 8 nitrogen and oxygen atoms in total. The normalized spacial score (nSPS) is 11.8. The largest absolute Gasteiger partial charge is 0.497 e. The Morgan fingerprint density at radius 3 is 2.55 bits per heavy atom. The van der Waals surface area contributed by atoms with E-state index in [1.54, 1.807) is 25.1 Å². The highest BCUT2D eigenvalue weighted by molar-refractivity contribution is 7.98. The Morgan fingerprint density at radius 2 is 1.94 bits per heavy atom. The molecule has 176 valence electrons. The fourth-order valence-electron chi connectivity index (χ4n) is 3.74. The zero-order valence-electron chi connectivity index (χ0n) is 19.6. The third kappa shape index (κ3) is 5.78. The number of methoxy groups -OCH3 is 2. The number of carbonyl (C=O) groups is 2. The number of anilines is 2. The van der Waals surface area contributed by atoms with Gasteiger partial charge in [0.25, 0.3) is 0 Å². The molecular weight excluding hydrogens is 440 g/mol. The predicted molar refractivity (Wildman–Crippen MR) is 134 cm³/mol. The lowest BCUT2D eigenvalue weighted by atomic mass is 10.1. The lowest BCUT2D eigenvalue weighted by Crippen LogP contribution is -2.17. The monoisotopic (exact) mass is 470 g/mol. The van der Waals surface area contributed by atoms with Crippen molar-refractivity contribution in [2.24, 2.45) is 0 Å². The van der Waals surface area contributed by atoms with Crippen molar-refractivity contribution < 1.29 is 19.1 Å². The van der Waals surface area contributed by atoms with Crippen LogP contribution in [0, 0.1) is 0 Å². The average Bonchev–Trinajstić information content (AvgIpc) is 3.09. The van der Waals surface area contributed by atoms with Gasteiger partial charge in [-0.05, 0) is 43.4 Å². The van der Waals surface area contributed by atoms with Gasteiger partial charge in [-0.15, -0.1) is 0 Å². The minimum Gasteiger partial charge on any atom is -0.497 e. The Hall–Kier alpha value is -3.20. The van der Waals surface area contributed by atoms with E-state index in [1.165, 1.54) is 14.0 Å². The van der Waals surface area contributed by atoms with Crippen LogP contribution in [-0.2, 0) is 22.5 Å². The molecule has 1 atom stereocenters. The van der Waals surface area contributed by atoms with Crippen molar-refractivity contribution in [3.63, 3.8) is 0 Å². The van der Waals surface area contributed by atoms with Gasteiger partial charge >= 0.3 is 5.97 Å². The van der Waals surface area contributed by atoms with Crippen LogP contribution < -0.4 is 15.4 Å². The number of fused-ring (bicyclic) bond motifs is 1. The number of benzene rings is 1. The number of nitrogens with one attached hydrogen (secondary N) is 2. The second-order valence-corrected chi connectivity index (χ2v) is 8.65. The molecule has 0 aliphatic carbocycles. The SMILES string of the molecule is COC(=O)c1c(NC(C)=O)c2cc(NC(C)CSC)cnc2n1CCc1ccc(OC)cc1. The van der Waals surface area contributed by atoms with E-state index in [0.717, 1.165) is 22.8 Å². The van der Waals surface area contributed by atoms with E-state index in [4.69, 9.17) is 9.47 Å². The van der Waals surface area contributed by atoms with Gasteiger partial charge in [0, 0.05) is 30.6 Å². The fourth-order valence-corrected chi connectivity index (χ4v) is 4.33. The van der Waals surface area contributed by atoms with Gasteiger partial charge in [0.15, 0.2) is 5.69 Å². The van der Waals surface area contributed by atoms with Crippen molar-refractivity contribution in [1.82, 2.24) is 9.55 Å². The molecule has 2 heterocycles. The van der Waals surface area contributed by atoms with Gasteiger partial charge in [0.2, 0.25) is 5.91 Å². The summed E-state index contributed by atoms with van der Waals surface area (Å²) in [5.74, 6) is 0.915. The second-order valence-electron chi connectivity index (χ2n) is 7.74. The molecular formula is C24H30N4O4S. The molecule has 0 saturated heterocycles. The van der Waals surface area contributed by atoms with Gasteiger partial charge < -0.3 is 24.7 Å². The molecule has 1 aromatic carbocycles. The summed E-state index contributed by atoms with van der Waals surface area (Å²) in [7, 11) is 2.96. The Morgan fingerprint density at radius 1 is 1.21 bits per heavy atom. The van der Waals surface area contributed by atoms with Crippen LogP contribution in [0.4, 0.5) is 11.4 Å². The number of hydrogen-bond acceptors (Lipinski definition) is 7. The fraction of sp³-hybridized carbons (Fsp3) is 0.375. The summed E-state index contributed by atoms with van der Waals surface area (Å²) in [5.41, 5.74) is 3.19. The van der Waals surface area contributed by atoms with Crippen LogP contribution in [0.1, 0.15) is 29.9 Å². The highest BCUT2D eigenvalue weighted by atomic mass is 32.2. The van der Waals surface area contributed by atoms with Crippen molar-refractivity contribution in [2.45, 2.75) is 32.9 Å². The number of aromatic nitrogens is 2. The number of carbonyl (C=O) groups excluding carboxylic acids is 2. The third-order valence-electron chi connectivity index (χ3n) is 5.19. The number of thioether (sulfide) groups is 1. The third-order valence-corrected chi connectivity index (χ3v) is 6.02. The number of esters is 1. The first-order valence-corrected chi connectivity index (χ1v) is 12.0. The first kappa shape index (κ1) is 24.4. The molecule has 0 saturated carbocycles. The van der Waals surface area contributed by atoms with Crippen LogP contribution >= 0.6 is 11.8 Å². The van der Waals surface area contributed by atoms with Crippen molar-refractivity contribution in [1.29, 1.82) is 0 Å². The van der Waals surface area contributed by atoms with Crippen LogP contribution in [-0.4, -0.2) is 53.7 Å². The maximum atomic E-state index is 12.8. The van der Waals surface area contributed by atoms with E-state index in [0.29, 0.717) is 29.7 Å². The summed E-state index contributed by atoms with van der Waals surface area (Å²) in [6, 6.07) is 9.93. The highest BCUT2D eigenvalue weighted by Gasteiger charge is 2.25. The molecule has 0 bridgehead atoms. The standard InChI is InChI=1S/C24H30N4O4S/c1-15(14-33-5)26-18-12-20-21(27-16(2)29)22(24(30)32-4)28(23(20)25-13-18)11-10-17-6-8-19(31-3)9-7-17/h6-9,12-13,15,26H,10-11,14H2,1-5H3,(H,27,29). The number of amides is 1. The molecule has 0 aliphatic rings.